The number of carbonyl (C=O) groups is 3. The van der Waals surface area contributed by atoms with Crippen LogP contribution in [0.15, 0.2) is 35.5 Å². The molecule has 10 heteroatoms. The van der Waals surface area contributed by atoms with E-state index in [4.69, 9.17) is 14.2 Å². The second-order valence-electron chi connectivity index (χ2n) is 9.39. The fourth-order valence-electron chi connectivity index (χ4n) is 4.10. The zero-order chi connectivity index (χ0) is 24.9. The number of methoxy groups -OCH3 is 2. The Bertz CT molecular complexity index is 947. The topological polar surface area (TPSA) is 118 Å². The predicted octanol–water partition coefficient (Wildman–Crippen LogP) is 2.47. The Kier molecular flexibility index (Phi) is 8.03. The Balaban J connectivity index is 1.73. The SMILES string of the molecule is COC(=O)C1=C(CN2CCC(NC(=O)OC(C)(C)C)CC2)NC(=O)N[C@H]1c1cccc(OC)c1. The second kappa shape index (κ2) is 10.8. The van der Waals surface area contributed by atoms with E-state index in [1.807, 2.05) is 26.8 Å². The largest absolute Gasteiger partial charge is 0.497 e. The van der Waals surface area contributed by atoms with Gasteiger partial charge in [-0.25, -0.2) is 14.4 Å². The summed E-state index contributed by atoms with van der Waals surface area (Å²) in [6.45, 7) is 7.23. The Morgan fingerprint density at radius 2 is 1.88 bits per heavy atom. The first-order valence-corrected chi connectivity index (χ1v) is 11.3. The van der Waals surface area contributed by atoms with Gasteiger partial charge in [0.05, 0.1) is 25.8 Å². The summed E-state index contributed by atoms with van der Waals surface area (Å²) in [7, 11) is 2.88. The smallest absolute Gasteiger partial charge is 0.407 e. The van der Waals surface area contributed by atoms with Crippen molar-refractivity contribution in [1.29, 1.82) is 0 Å². The van der Waals surface area contributed by atoms with Crippen molar-refractivity contribution in [3.05, 3.63) is 41.1 Å². The number of benzene rings is 1. The lowest BCUT2D eigenvalue weighted by atomic mass is 9.94. The van der Waals surface area contributed by atoms with E-state index in [9.17, 15) is 14.4 Å². The molecule has 10 nitrogen and oxygen atoms in total. The molecule has 0 spiro atoms. The number of urea groups is 1. The van der Waals surface area contributed by atoms with E-state index in [-0.39, 0.29) is 6.04 Å². The number of hydrogen-bond donors (Lipinski definition) is 3. The lowest BCUT2D eigenvalue weighted by Crippen LogP contribution is -2.50. The number of piperidine rings is 1. The Morgan fingerprint density at radius 3 is 2.50 bits per heavy atom. The van der Waals surface area contributed by atoms with Crippen LogP contribution in [-0.2, 0) is 14.3 Å². The second-order valence-corrected chi connectivity index (χ2v) is 9.39. The van der Waals surface area contributed by atoms with E-state index < -0.39 is 29.7 Å². The third-order valence-corrected chi connectivity index (χ3v) is 5.68. The van der Waals surface area contributed by atoms with Crippen molar-refractivity contribution in [2.75, 3.05) is 33.9 Å². The molecule has 0 aromatic heterocycles. The van der Waals surface area contributed by atoms with Crippen molar-refractivity contribution in [2.24, 2.45) is 0 Å². The highest BCUT2D eigenvalue weighted by molar-refractivity contribution is 5.95. The molecule has 1 aromatic rings. The number of carbonyl (C=O) groups excluding carboxylic acids is 3. The van der Waals surface area contributed by atoms with Gasteiger partial charge in [0.25, 0.3) is 0 Å². The quantitative estimate of drug-likeness (QED) is 0.542. The summed E-state index contributed by atoms with van der Waals surface area (Å²) in [5.41, 5.74) is 1.02. The highest BCUT2D eigenvalue weighted by Gasteiger charge is 2.35. The molecular formula is C24H34N4O6. The van der Waals surface area contributed by atoms with Crippen molar-refractivity contribution in [1.82, 2.24) is 20.9 Å². The molecule has 0 unspecified atom stereocenters. The van der Waals surface area contributed by atoms with E-state index >= 15 is 0 Å². The minimum atomic E-state index is -0.669. The lowest BCUT2D eigenvalue weighted by molar-refractivity contribution is -0.136. The molecule has 3 N–H and O–H groups in total. The van der Waals surface area contributed by atoms with E-state index in [1.54, 1.807) is 25.3 Å². The Morgan fingerprint density at radius 1 is 1.18 bits per heavy atom. The monoisotopic (exact) mass is 474 g/mol. The van der Waals surface area contributed by atoms with Crippen molar-refractivity contribution < 1.29 is 28.6 Å². The summed E-state index contributed by atoms with van der Waals surface area (Å²) < 4.78 is 15.7. The number of nitrogens with one attached hydrogen (secondary N) is 3. The van der Waals surface area contributed by atoms with Crippen molar-refractivity contribution in [2.45, 2.75) is 51.3 Å². The molecule has 0 saturated carbocycles. The van der Waals surface area contributed by atoms with Gasteiger partial charge < -0.3 is 30.2 Å². The van der Waals surface area contributed by atoms with E-state index in [2.05, 4.69) is 20.9 Å². The van der Waals surface area contributed by atoms with Crippen molar-refractivity contribution in [3.63, 3.8) is 0 Å². The van der Waals surface area contributed by atoms with Gasteiger partial charge in [-0.2, -0.15) is 0 Å². The van der Waals surface area contributed by atoms with E-state index in [0.717, 1.165) is 12.8 Å². The molecule has 3 amide bonds. The van der Waals surface area contributed by atoms with Gasteiger partial charge in [0.15, 0.2) is 0 Å². The van der Waals surface area contributed by atoms with Crippen LogP contribution in [0, 0.1) is 0 Å². The van der Waals surface area contributed by atoms with Crippen LogP contribution in [0.4, 0.5) is 9.59 Å². The third-order valence-electron chi connectivity index (χ3n) is 5.68. The molecule has 0 bridgehead atoms. The molecule has 2 aliphatic heterocycles. The van der Waals surface area contributed by atoms with E-state index in [1.165, 1.54) is 7.11 Å². The molecule has 34 heavy (non-hydrogen) atoms. The first kappa shape index (κ1) is 25.4. The average molecular weight is 475 g/mol. The molecule has 1 saturated heterocycles. The molecule has 186 valence electrons. The molecule has 2 heterocycles. The van der Waals surface area contributed by atoms with Gasteiger partial charge in [-0.3, -0.25) is 4.90 Å². The molecule has 2 aliphatic rings. The number of hydrogen-bond acceptors (Lipinski definition) is 7. The van der Waals surface area contributed by atoms with Crippen molar-refractivity contribution in [3.8, 4) is 5.75 Å². The van der Waals surface area contributed by atoms with Crippen LogP contribution in [0.25, 0.3) is 0 Å². The minimum absolute atomic E-state index is 0.00676. The van der Waals surface area contributed by atoms with Gasteiger partial charge in [0.2, 0.25) is 0 Å². The first-order chi connectivity index (χ1) is 16.1. The van der Waals surface area contributed by atoms with Crippen molar-refractivity contribution >= 4 is 18.1 Å². The number of amides is 3. The van der Waals surface area contributed by atoms with Crippen LogP contribution in [0.3, 0.4) is 0 Å². The number of nitrogens with zero attached hydrogens (tertiary/aromatic N) is 1. The van der Waals surface area contributed by atoms with Crippen LogP contribution in [0.2, 0.25) is 0 Å². The van der Waals surface area contributed by atoms with E-state index in [0.29, 0.717) is 42.2 Å². The fourth-order valence-corrected chi connectivity index (χ4v) is 4.10. The van der Waals surface area contributed by atoms with Crippen LogP contribution in [-0.4, -0.2) is 68.5 Å². The number of rotatable bonds is 6. The maximum Gasteiger partial charge on any atom is 0.407 e. The zero-order valence-electron chi connectivity index (χ0n) is 20.4. The molecule has 3 rings (SSSR count). The van der Waals surface area contributed by atoms with Gasteiger partial charge in [0.1, 0.15) is 11.4 Å². The Labute approximate surface area is 200 Å². The van der Waals surface area contributed by atoms with Crippen LogP contribution >= 0.6 is 0 Å². The standard InChI is InChI=1S/C24H34N4O6/c1-24(2,3)34-23(31)25-16-9-11-28(12-10-16)14-18-19(21(29)33-5)20(27-22(30)26-18)15-7-6-8-17(13-15)32-4/h6-8,13,16,20H,9-12,14H2,1-5H3,(H,25,31)(H2,26,27,30)/t20-/m0/s1. The fraction of sp³-hybridized carbons (Fsp3) is 0.542. The van der Waals surface area contributed by atoms with Gasteiger partial charge in [-0.1, -0.05) is 12.1 Å². The summed E-state index contributed by atoms with van der Waals surface area (Å²) in [6, 6.07) is 6.16. The van der Waals surface area contributed by atoms with Gasteiger partial charge in [-0.05, 0) is 51.3 Å². The molecular weight excluding hydrogens is 440 g/mol. The first-order valence-electron chi connectivity index (χ1n) is 11.3. The third kappa shape index (κ3) is 6.63. The average Bonchev–Trinajstić information content (AvgIpc) is 2.78. The predicted molar refractivity (Wildman–Crippen MR) is 125 cm³/mol. The van der Waals surface area contributed by atoms with Gasteiger partial charge >= 0.3 is 18.1 Å². The van der Waals surface area contributed by atoms with Crippen LogP contribution in [0.1, 0.15) is 45.2 Å². The lowest BCUT2D eigenvalue weighted by Gasteiger charge is -2.35. The number of ether oxygens (including phenoxy) is 3. The normalized spacial score (nSPS) is 19.7. The summed E-state index contributed by atoms with van der Waals surface area (Å²) in [6.07, 6.45) is 1.03. The molecule has 0 aliphatic carbocycles. The number of likely N-dealkylation sites (tertiary alicyclic amines) is 1. The molecule has 1 atom stereocenters. The van der Waals surface area contributed by atoms with Gasteiger partial charge in [-0.15, -0.1) is 0 Å². The summed E-state index contributed by atoms with van der Waals surface area (Å²) >= 11 is 0. The maximum atomic E-state index is 12.8. The molecule has 1 fully saturated rings. The minimum Gasteiger partial charge on any atom is -0.497 e. The van der Waals surface area contributed by atoms with Crippen LogP contribution in [0.5, 0.6) is 5.75 Å². The summed E-state index contributed by atoms with van der Waals surface area (Å²) in [4.78, 5) is 39.4. The Hall–Kier alpha value is -3.27. The maximum absolute atomic E-state index is 12.8. The number of esters is 1. The molecule has 1 aromatic carbocycles. The number of alkyl carbamates (subject to hydrolysis) is 1. The highest BCUT2D eigenvalue weighted by Crippen LogP contribution is 2.30. The van der Waals surface area contributed by atoms with Crippen LogP contribution < -0.4 is 20.7 Å². The molecule has 0 radical (unpaired) electrons. The highest BCUT2D eigenvalue weighted by atomic mass is 16.6. The zero-order valence-corrected chi connectivity index (χ0v) is 20.4. The summed E-state index contributed by atoms with van der Waals surface area (Å²) in [5, 5.41) is 8.53. The van der Waals surface area contributed by atoms with Gasteiger partial charge in [0, 0.05) is 31.4 Å². The summed E-state index contributed by atoms with van der Waals surface area (Å²) in [5.74, 6) is 0.104.